The topological polar surface area (TPSA) is 36.5 Å². The van der Waals surface area contributed by atoms with Crippen LogP contribution in [-0.4, -0.2) is 63.4 Å². The van der Waals surface area contributed by atoms with Crippen LogP contribution in [0, 0.1) is 0 Å². The Bertz CT molecular complexity index is 177. The number of rotatable bonds is 6. The summed E-state index contributed by atoms with van der Waals surface area (Å²) in [6, 6.07) is 0.725. The number of nitrogens with zero attached hydrogens (tertiary/aromatic N) is 1. The smallest absolute Gasteiger partial charge is 0.0594 e. The molecule has 0 aliphatic carbocycles. The fourth-order valence-corrected chi connectivity index (χ4v) is 2.46. The average molecular weight is 227 g/mol. The molecule has 4 nitrogen and oxygen atoms in total. The standard InChI is InChI=1S/C12H25N3O/c1-3-12(14-5-1)11-13-4-2-6-15-7-9-16-10-8-15/h12-14H,1-11H2. The van der Waals surface area contributed by atoms with Gasteiger partial charge in [0.25, 0.3) is 0 Å². The normalized spacial score (nSPS) is 27.4. The van der Waals surface area contributed by atoms with Crippen LogP contribution in [0.15, 0.2) is 0 Å². The molecule has 0 radical (unpaired) electrons. The maximum atomic E-state index is 5.33. The molecule has 4 heteroatoms. The molecule has 0 aromatic heterocycles. The van der Waals surface area contributed by atoms with Crippen LogP contribution < -0.4 is 10.6 Å². The van der Waals surface area contributed by atoms with Crippen molar-refractivity contribution < 1.29 is 4.74 Å². The molecule has 2 fully saturated rings. The van der Waals surface area contributed by atoms with Crippen molar-refractivity contribution in [3.05, 3.63) is 0 Å². The molecule has 0 saturated carbocycles. The molecule has 2 aliphatic heterocycles. The summed E-state index contributed by atoms with van der Waals surface area (Å²) in [5.41, 5.74) is 0. The highest BCUT2D eigenvalue weighted by Gasteiger charge is 2.13. The zero-order chi connectivity index (χ0) is 11.1. The summed E-state index contributed by atoms with van der Waals surface area (Å²) >= 11 is 0. The first-order chi connectivity index (χ1) is 7.95. The van der Waals surface area contributed by atoms with E-state index in [9.17, 15) is 0 Å². The summed E-state index contributed by atoms with van der Waals surface area (Å²) in [4.78, 5) is 2.50. The monoisotopic (exact) mass is 227 g/mol. The highest BCUT2D eigenvalue weighted by molar-refractivity contribution is 4.76. The van der Waals surface area contributed by atoms with Crippen molar-refractivity contribution in [3.8, 4) is 0 Å². The molecular formula is C12H25N3O. The number of ether oxygens (including phenoxy) is 1. The third-order valence-electron chi connectivity index (χ3n) is 3.48. The first-order valence-electron chi connectivity index (χ1n) is 6.69. The second-order valence-corrected chi connectivity index (χ2v) is 4.80. The Labute approximate surface area is 98.7 Å². The summed E-state index contributed by atoms with van der Waals surface area (Å²) in [7, 11) is 0. The molecule has 2 saturated heterocycles. The largest absolute Gasteiger partial charge is 0.379 e. The van der Waals surface area contributed by atoms with Gasteiger partial charge in [-0.2, -0.15) is 0 Å². The van der Waals surface area contributed by atoms with Crippen LogP contribution in [-0.2, 0) is 4.74 Å². The van der Waals surface area contributed by atoms with E-state index < -0.39 is 0 Å². The van der Waals surface area contributed by atoms with E-state index in [2.05, 4.69) is 15.5 Å². The Hall–Kier alpha value is -0.160. The van der Waals surface area contributed by atoms with Gasteiger partial charge in [0.05, 0.1) is 13.2 Å². The predicted octanol–water partition coefficient (Wildman–Crippen LogP) is 0.0503. The van der Waals surface area contributed by atoms with E-state index >= 15 is 0 Å². The van der Waals surface area contributed by atoms with Gasteiger partial charge in [-0.15, -0.1) is 0 Å². The van der Waals surface area contributed by atoms with Crippen molar-refractivity contribution in [2.45, 2.75) is 25.3 Å². The lowest BCUT2D eigenvalue weighted by Gasteiger charge is -2.26. The van der Waals surface area contributed by atoms with Gasteiger partial charge in [0, 0.05) is 25.7 Å². The van der Waals surface area contributed by atoms with Gasteiger partial charge in [-0.25, -0.2) is 0 Å². The second-order valence-electron chi connectivity index (χ2n) is 4.80. The van der Waals surface area contributed by atoms with Crippen LogP contribution in [0.2, 0.25) is 0 Å². The summed E-state index contributed by atoms with van der Waals surface area (Å²) in [6.45, 7) is 8.78. The lowest BCUT2D eigenvalue weighted by molar-refractivity contribution is 0.0374. The van der Waals surface area contributed by atoms with Crippen LogP contribution in [0.4, 0.5) is 0 Å². The van der Waals surface area contributed by atoms with E-state index in [0.717, 1.165) is 45.4 Å². The second kappa shape index (κ2) is 7.22. The highest BCUT2D eigenvalue weighted by Crippen LogP contribution is 2.03. The Morgan fingerprint density at radius 3 is 2.94 bits per heavy atom. The molecule has 16 heavy (non-hydrogen) atoms. The molecule has 1 unspecified atom stereocenters. The predicted molar refractivity (Wildman–Crippen MR) is 65.8 cm³/mol. The van der Waals surface area contributed by atoms with Gasteiger partial charge in [0.1, 0.15) is 0 Å². The molecule has 0 bridgehead atoms. The SMILES string of the molecule is C1CNC(CNCCCN2CCOCC2)C1. The van der Waals surface area contributed by atoms with E-state index in [1.165, 1.54) is 32.4 Å². The van der Waals surface area contributed by atoms with Crippen LogP contribution >= 0.6 is 0 Å². The third kappa shape index (κ3) is 4.37. The minimum atomic E-state index is 0.725. The molecule has 0 amide bonds. The molecule has 2 N–H and O–H groups in total. The Kier molecular flexibility index (Phi) is 5.55. The molecule has 1 atom stereocenters. The minimum Gasteiger partial charge on any atom is -0.379 e. The van der Waals surface area contributed by atoms with Gasteiger partial charge in [-0.3, -0.25) is 4.90 Å². The molecular weight excluding hydrogens is 202 g/mol. The Balaban J connectivity index is 1.42. The zero-order valence-corrected chi connectivity index (χ0v) is 10.2. The summed E-state index contributed by atoms with van der Waals surface area (Å²) in [5, 5.41) is 7.05. The average Bonchev–Trinajstić information content (AvgIpc) is 2.83. The molecule has 2 heterocycles. The van der Waals surface area contributed by atoms with Gasteiger partial charge in [-0.05, 0) is 38.9 Å². The van der Waals surface area contributed by atoms with Crippen molar-refractivity contribution in [1.82, 2.24) is 15.5 Å². The van der Waals surface area contributed by atoms with Gasteiger partial charge in [0.15, 0.2) is 0 Å². The lowest BCUT2D eigenvalue weighted by Crippen LogP contribution is -2.39. The van der Waals surface area contributed by atoms with Crippen LogP contribution in [0.25, 0.3) is 0 Å². The van der Waals surface area contributed by atoms with Gasteiger partial charge in [0.2, 0.25) is 0 Å². The summed E-state index contributed by atoms with van der Waals surface area (Å²) in [5.74, 6) is 0. The van der Waals surface area contributed by atoms with E-state index in [0.29, 0.717) is 0 Å². The molecule has 0 aromatic rings. The quantitative estimate of drug-likeness (QED) is 0.629. The molecule has 94 valence electrons. The van der Waals surface area contributed by atoms with Crippen LogP contribution in [0.1, 0.15) is 19.3 Å². The molecule has 2 aliphatic rings. The highest BCUT2D eigenvalue weighted by atomic mass is 16.5. The Morgan fingerprint density at radius 2 is 2.19 bits per heavy atom. The maximum absolute atomic E-state index is 5.33. The van der Waals surface area contributed by atoms with E-state index in [1.54, 1.807) is 0 Å². The number of morpholine rings is 1. The van der Waals surface area contributed by atoms with Crippen LogP contribution in [0.3, 0.4) is 0 Å². The molecule has 0 spiro atoms. The van der Waals surface area contributed by atoms with Gasteiger partial charge in [-0.1, -0.05) is 0 Å². The van der Waals surface area contributed by atoms with Crippen molar-refractivity contribution >= 4 is 0 Å². The van der Waals surface area contributed by atoms with Gasteiger partial charge < -0.3 is 15.4 Å². The number of hydrogen-bond acceptors (Lipinski definition) is 4. The minimum absolute atomic E-state index is 0.725. The third-order valence-corrected chi connectivity index (χ3v) is 3.48. The zero-order valence-electron chi connectivity index (χ0n) is 10.2. The number of hydrogen-bond donors (Lipinski definition) is 2. The Morgan fingerprint density at radius 1 is 1.31 bits per heavy atom. The maximum Gasteiger partial charge on any atom is 0.0594 e. The fourth-order valence-electron chi connectivity index (χ4n) is 2.46. The van der Waals surface area contributed by atoms with Gasteiger partial charge >= 0.3 is 0 Å². The van der Waals surface area contributed by atoms with E-state index in [1.807, 2.05) is 0 Å². The van der Waals surface area contributed by atoms with Crippen molar-refractivity contribution in [2.24, 2.45) is 0 Å². The van der Waals surface area contributed by atoms with Crippen LogP contribution in [0.5, 0.6) is 0 Å². The van der Waals surface area contributed by atoms with Crippen molar-refractivity contribution in [1.29, 1.82) is 0 Å². The van der Waals surface area contributed by atoms with Crippen molar-refractivity contribution in [2.75, 3.05) is 52.5 Å². The first kappa shape index (κ1) is 12.3. The fraction of sp³-hybridized carbons (Fsp3) is 1.00. The first-order valence-corrected chi connectivity index (χ1v) is 6.69. The molecule has 2 rings (SSSR count). The van der Waals surface area contributed by atoms with E-state index in [-0.39, 0.29) is 0 Å². The number of nitrogens with one attached hydrogen (secondary N) is 2. The lowest BCUT2D eigenvalue weighted by atomic mass is 10.2. The van der Waals surface area contributed by atoms with E-state index in [4.69, 9.17) is 4.74 Å². The molecule has 0 aromatic carbocycles. The summed E-state index contributed by atoms with van der Waals surface area (Å²) in [6.07, 6.45) is 3.95. The summed E-state index contributed by atoms with van der Waals surface area (Å²) < 4.78 is 5.33. The van der Waals surface area contributed by atoms with Crippen molar-refractivity contribution in [3.63, 3.8) is 0 Å².